The lowest BCUT2D eigenvalue weighted by Gasteiger charge is -2.31. The molecule has 0 aliphatic heterocycles. The molecule has 0 spiro atoms. The lowest BCUT2D eigenvalue weighted by atomic mass is 10.1. The van der Waals surface area contributed by atoms with Crippen molar-refractivity contribution in [2.45, 2.75) is 53.5 Å². The number of aryl methyl sites for hydroxylation is 1. The van der Waals surface area contributed by atoms with Crippen LogP contribution in [-0.2, 0) is 11.2 Å². The zero-order valence-corrected chi connectivity index (χ0v) is 24.4. The van der Waals surface area contributed by atoms with Gasteiger partial charge in [-0.2, -0.15) is 0 Å². The fourth-order valence-electron chi connectivity index (χ4n) is 4.67. The number of rotatable bonds is 10. The summed E-state index contributed by atoms with van der Waals surface area (Å²) in [5, 5.41) is 3.48. The molecule has 0 radical (unpaired) electrons. The Labute approximate surface area is 241 Å². The molecule has 0 aliphatic rings. The predicted molar refractivity (Wildman–Crippen MR) is 163 cm³/mol. The molecular formula is C33H38N4O4. The van der Waals surface area contributed by atoms with Gasteiger partial charge in [0.1, 0.15) is 5.82 Å². The topological polar surface area (TPSA) is 93.5 Å². The van der Waals surface area contributed by atoms with Crippen LogP contribution in [0.3, 0.4) is 0 Å². The van der Waals surface area contributed by atoms with E-state index in [4.69, 9.17) is 9.72 Å². The Morgan fingerprint density at radius 3 is 2.27 bits per heavy atom. The fraction of sp³-hybridized carbons (Fsp3) is 0.333. The molecule has 0 saturated carbocycles. The molecule has 0 fully saturated rings. The van der Waals surface area contributed by atoms with E-state index in [0.717, 1.165) is 18.4 Å². The van der Waals surface area contributed by atoms with Gasteiger partial charge in [0.25, 0.3) is 5.56 Å². The summed E-state index contributed by atoms with van der Waals surface area (Å²) in [6.07, 6.45) is 1.65. The molecule has 0 aliphatic carbocycles. The summed E-state index contributed by atoms with van der Waals surface area (Å²) >= 11 is 0. The molecular weight excluding hydrogens is 516 g/mol. The van der Waals surface area contributed by atoms with Crippen LogP contribution < -0.4 is 10.9 Å². The molecule has 8 heteroatoms. The average molecular weight is 555 g/mol. The molecule has 0 bridgehead atoms. The van der Waals surface area contributed by atoms with Gasteiger partial charge in [-0.3, -0.25) is 9.36 Å². The van der Waals surface area contributed by atoms with E-state index in [1.807, 2.05) is 49.4 Å². The second kappa shape index (κ2) is 13.3. The quantitative estimate of drug-likeness (QED) is 0.219. The molecule has 4 aromatic rings. The maximum Gasteiger partial charge on any atom is 0.338 e. The van der Waals surface area contributed by atoms with Gasteiger partial charge in [0.2, 0.25) is 0 Å². The molecule has 1 unspecified atom stereocenters. The summed E-state index contributed by atoms with van der Waals surface area (Å²) in [6.45, 7) is 10.7. The molecule has 214 valence electrons. The Bertz CT molecular complexity index is 1560. The van der Waals surface area contributed by atoms with Crippen LogP contribution in [0.25, 0.3) is 16.6 Å². The second-order valence-corrected chi connectivity index (χ2v) is 10.4. The molecule has 3 aromatic carbocycles. The molecule has 0 saturated heterocycles. The van der Waals surface area contributed by atoms with Gasteiger partial charge in [0.15, 0.2) is 0 Å². The van der Waals surface area contributed by atoms with E-state index >= 15 is 0 Å². The zero-order valence-electron chi connectivity index (χ0n) is 24.4. The van der Waals surface area contributed by atoms with Crippen molar-refractivity contribution in [3.8, 4) is 5.69 Å². The summed E-state index contributed by atoms with van der Waals surface area (Å²) in [6, 6.07) is 20.9. The minimum absolute atomic E-state index is 0.180. The van der Waals surface area contributed by atoms with E-state index in [9.17, 15) is 14.4 Å². The highest BCUT2D eigenvalue weighted by atomic mass is 16.5. The highest BCUT2D eigenvalue weighted by Crippen LogP contribution is 2.25. The first-order valence-electron chi connectivity index (χ1n) is 14.2. The monoisotopic (exact) mass is 554 g/mol. The number of amides is 2. The third-order valence-corrected chi connectivity index (χ3v) is 7.10. The number of carbonyl (C=O) groups is 2. The number of esters is 1. The van der Waals surface area contributed by atoms with E-state index in [1.54, 1.807) is 46.7 Å². The largest absolute Gasteiger partial charge is 0.462 e. The highest BCUT2D eigenvalue weighted by molar-refractivity contribution is 5.92. The number of carbonyl (C=O) groups excluding carboxylic acids is 2. The van der Waals surface area contributed by atoms with Gasteiger partial charge in [-0.15, -0.1) is 0 Å². The van der Waals surface area contributed by atoms with Crippen LogP contribution in [-0.4, -0.2) is 39.6 Å². The van der Waals surface area contributed by atoms with Crippen molar-refractivity contribution in [2.24, 2.45) is 5.92 Å². The zero-order chi connectivity index (χ0) is 29.5. The lowest BCUT2D eigenvalue weighted by molar-refractivity contribution is 0.0526. The molecule has 1 heterocycles. The Morgan fingerprint density at radius 2 is 1.63 bits per heavy atom. The van der Waals surface area contributed by atoms with Crippen molar-refractivity contribution < 1.29 is 14.3 Å². The van der Waals surface area contributed by atoms with Gasteiger partial charge < -0.3 is 15.0 Å². The van der Waals surface area contributed by atoms with Crippen LogP contribution in [0.1, 0.15) is 68.8 Å². The number of benzene rings is 3. The molecule has 41 heavy (non-hydrogen) atoms. The first kappa shape index (κ1) is 29.5. The van der Waals surface area contributed by atoms with Crippen molar-refractivity contribution in [3.63, 3.8) is 0 Å². The van der Waals surface area contributed by atoms with E-state index in [1.165, 1.54) is 0 Å². The molecule has 1 aromatic heterocycles. The fourth-order valence-corrected chi connectivity index (χ4v) is 4.67. The summed E-state index contributed by atoms with van der Waals surface area (Å²) in [5.74, 6) is 0.425. The van der Waals surface area contributed by atoms with Crippen molar-refractivity contribution >= 4 is 28.6 Å². The van der Waals surface area contributed by atoms with Crippen LogP contribution >= 0.6 is 0 Å². The minimum Gasteiger partial charge on any atom is -0.462 e. The summed E-state index contributed by atoms with van der Waals surface area (Å²) in [5.41, 5.74) is 3.22. The average Bonchev–Trinajstić information content (AvgIpc) is 2.97. The number of hydrogen-bond acceptors (Lipinski definition) is 5. The van der Waals surface area contributed by atoms with Gasteiger partial charge in [0.05, 0.1) is 34.8 Å². The lowest BCUT2D eigenvalue weighted by Crippen LogP contribution is -2.40. The number of ether oxygens (including phenoxy) is 1. The maximum absolute atomic E-state index is 13.9. The van der Waals surface area contributed by atoms with Gasteiger partial charge in [-0.1, -0.05) is 45.0 Å². The number of nitrogens with one attached hydrogen (secondary N) is 1. The first-order valence-corrected chi connectivity index (χ1v) is 14.2. The van der Waals surface area contributed by atoms with Gasteiger partial charge in [-0.05, 0) is 86.7 Å². The number of para-hydroxylation sites is 1. The Kier molecular flexibility index (Phi) is 9.55. The van der Waals surface area contributed by atoms with E-state index < -0.39 is 12.0 Å². The van der Waals surface area contributed by atoms with Crippen LogP contribution in [0.15, 0.2) is 77.6 Å². The van der Waals surface area contributed by atoms with Crippen LogP contribution in [0.5, 0.6) is 0 Å². The van der Waals surface area contributed by atoms with E-state index in [2.05, 4.69) is 26.1 Å². The Hall–Kier alpha value is -4.46. The molecule has 8 nitrogen and oxygen atoms in total. The Morgan fingerprint density at radius 1 is 0.951 bits per heavy atom. The number of hydrogen-bond donors (Lipinski definition) is 1. The van der Waals surface area contributed by atoms with Gasteiger partial charge in [0, 0.05) is 12.2 Å². The first-order chi connectivity index (χ1) is 19.7. The molecule has 4 rings (SSSR count). The van der Waals surface area contributed by atoms with Crippen LogP contribution in [0, 0.1) is 5.92 Å². The third-order valence-electron chi connectivity index (χ3n) is 7.10. The number of urea groups is 1. The maximum atomic E-state index is 13.9. The molecule has 1 N–H and O–H groups in total. The van der Waals surface area contributed by atoms with Crippen molar-refractivity contribution in [1.82, 2.24) is 14.5 Å². The Balaban J connectivity index is 1.74. The van der Waals surface area contributed by atoms with Crippen LogP contribution in [0.2, 0.25) is 0 Å². The molecule has 2 amide bonds. The molecule has 1 atom stereocenters. The van der Waals surface area contributed by atoms with Gasteiger partial charge in [-0.25, -0.2) is 14.6 Å². The van der Waals surface area contributed by atoms with Gasteiger partial charge >= 0.3 is 12.0 Å². The third kappa shape index (κ3) is 6.82. The number of fused-ring (bicyclic) bond motifs is 1. The number of aromatic nitrogens is 2. The summed E-state index contributed by atoms with van der Waals surface area (Å²) in [4.78, 5) is 46.3. The SMILES string of the molecule is CCOC(=O)c1ccc(NC(=O)N(CCC(C)C)C(C)c2nc3ccccc3c(=O)n2-c2ccc(CC)cc2)cc1. The normalized spacial score (nSPS) is 11.9. The van der Waals surface area contributed by atoms with E-state index in [-0.39, 0.29) is 18.2 Å². The predicted octanol–water partition coefficient (Wildman–Crippen LogP) is 6.77. The van der Waals surface area contributed by atoms with Crippen molar-refractivity contribution in [3.05, 3.63) is 100 Å². The second-order valence-electron chi connectivity index (χ2n) is 10.4. The standard InChI is InChI=1S/C33H38N4O4/c1-6-24-12-18-27(19-13-24)37-30(35-29-11-9-8-10-28(29)31(37)38)23(5)36(21-20-22(3)4)33(40)34-26-16-14-25(15-17-26)32(39)41-7-2/h8-19,22-23H,6-7,20-21H2,1-5H3,(H,34,40). The summed E-state index contributed by atoms with van der Waals surface area (Å²) in [7, 11) is 0. The van der Waals surface area contributed by atoms with Crippen LogP contribution in [0.4, 0.5) is 10.5 Å². The van der Waals surface area contributed by atoms with E-state index in [0.29, 0.717) is 46.1 Å². The number of anilines is 1. The van der Waals surface area contributed by atoms with Crippen molar-refractivity contribution in [1.29, 1.82) is 0 Å². The number of nitrogens with zero attached hydrogens (tertiary/aromatic N) is 3. The van der Waals surface area contributed by atoms with Crippen molar-refractivity contribution in [2.75, 3.05) is 18.5 Å². The summed E-state index contributed by atoms with van der Waals surface area (Å²) < 4.78 is 6.67. The highest BCUT2D eigenvalue weighted by Gasteiger charge is 2.27. The smallest absolute Gasteiger partial charge is 0.338 e. The minimum atomic E-state index is -0.532.